The molecule has 0 saturated heterocycles. The molecule has 10 heteroatoms. The van der Waals surface area contributed by atoms with Gasteiger partial charge in [0.15, 0.2) is 0 Å². The predicted molar refractivity (Wildman–Crippen MR) is 170 cm³/mol. The molecule has 0 radical (unpaired) electrons. The zero-order valence-corrected chi connectivity index (χ0v) is 26.4. The second-order valence-electron chi connectivity index (χ2n) is 9.68. The van der Waals surface area contributed by atoms with Gasteiger partial charge >= 0.3 is 0 Å². The Bertz CT molecular complexity index is 1650. The normalized spacial score (nSPS) is 11.9. The number of likely N-dealkylation sites (N-methyl/N-ethyl adjacent to an activating group) is 1. The summed E-state index contributed by atoms with van der Waals surface area (Å²) in [7, 11) is -2.68. The monoisotopic (exact) mass is 667 g/mol. The maximum Gasteiger partial charge on any atom is 0.264 e. The molecule has 2 amide bonds. The fourth-order valence-corrected chi connectivity index (χ4v) is 6.76. The van der Waals surface area contributed by atoms with Crippen LogP contribution in [-0.4, -0.2) is 44.8 Å². The van der Waals surface area contributed by atoms with Gasteiger partial charge < -0.3 is 10.2 Å². The van der Waals surface area contributed by atoms with Crippen LogP contribution in [0.5, 0.6) is 0 Å². The molecule has 0 aliphatic carbocycles. The van der Waals surface area contributed by atoms with E-state index < -0.39 is 28.5 Å². The third-order valence-corrected chi connectivity index (χ3v) is 9.55. The molecule has 0 spiro atoms. The summed E-state index contributed by atoms with van der Waals surface area (Å²) in [5.41, 5.74) is 2.42. The highest BCUT2D eigenvalue weighted by molar-refractivity contribution is 9.10. The molecule has 0 heterocycles. The third kappa shape index (κ3) is 7.40. The SMILES string of the molecule is CNC(=O)C(Cc1ccccc1)N(Cc1cccc(Br)c1)C(=O)CN(c1cccc(Cl)c1C)S(=O)(=O)c1ccccc1. The van der Waals surface area contributed by atoms with Crippen molar-refractivity contribution in [2.24, 2.45) is 0 Å². The van der Waals surface area contributed by atoms with Crippen molar-refractivity contribution in [3.63, 3.8) is 0 Å². The van der Waals surface area contributed by atoms with E-state index in [4.69, 9.17) is 11.6 Å². The summed E-state index contributed by atoms with van der Waals surface area (Å²) in [6.07, 6.45) is 0.238. The van der Waals surface area contributed by atoms with Crippen molar-refractivity contribution in [3.05, 3.63) is 129 Å². The zero-order chi connectivity index (χ0) is 30.3. The molecule has 0 aromatic heterocycles. The molecule has 4 aromatic carbocycles. The molecule has 1 unspecified atom stereocenters. The Morgan fingerprint density at radius 3 is 2.14 bits per heavy atom. The van der Waals surface area contributed by atoms with Crippen molar-refractivity contribution < 1.29 is 18.0 Å². The minimum absolute atomic E-state index is 0.0304. The molecule has 0 fully saturated rings. The van der Waals surface area contributed by atoms with Gasteiger partial charge in [0.05, 0.1) is 10.6 Å². The zero-order valence-electron chi connectivity index (χ0n) is 23.2. The second-order valence-corrected chi connectivity index (χ2v) is 12.9. The predicted octanol–water partition coefficient (Wildman–Crippen LogP) is 5.99. The quantitative estimate of drug-likeness (QED) is 0.213. The van der Waals surface area contributed by atoms with Crippen molar-refractivity contribution >= 4 is 55.1 Å². The number of halogens is 2. The first-order valence-electron chi connectivity index (χ1n) is 13.2. The Morgan fingerprint density at radius 2 is 1.50 bits per heavy atom. The van der Waals surface area contributed by atoms with E-state index in [0.29, 0.717) is 10.6 Å². The van der Waals surface area contributed by atoms with Crippen LogP contribution in [0.2, 0.25) is 5.02 Å². The van der Waals surface area contributed by atoms with Gasteiger partial charge in [-0.25, -0.2) is 8.42 Å². The lowest BCUT2D eigenvalue weighted by Gasteiger charge is -2.34. The topological polar surface area (TPSA) is 86.8 Å². The molecule has 1 atom stereocenters. The van der Waals surface area contributed by atoms with Crippen LogP contribution in [0.25, 0.3) is 0 Å². The van der Waals surface area contributed by atoms with E-state index in [1.807, 2.05) is 54.6 Å². The van der Waals surface area contributed by atoms with Gasteiger partial charge in [-0.05, 0) is 60.0 Å². The number of nitrogens with zero attached hydrogens (tertiary/aromatic N) is 2. The van der Waals surface area contributed by atoms with Gasteiger partial charge in [0.2, 0.25) is 11.8 Å². The van der Waals surface area contributed by atoms with Gasteiger partial charge in [0.25, 0.3) is 10.0 Å². The van der Waals surface area contributed by atoms with E-state index in [9.17, 15) is 18.0 Å². The summed E-state index contributed by atoms with van der Waals surface area (Å²) in [4.78, 5) is 29.1. The maximum atomic E-state index is 14.3. The minimum Gasteiger partial charge on any atom is -0.357 e. The first-order valence-corrected chi connectivity index (χ1v) is 15.8. The lowest BCUT2D eigenvalue weighted by atomic mass is 10.0. The number of carbonyl (C=O) groups excluding carboxylic acids is 2. The third-order valence-electron chi connectivity index (χ3n) is 6.88. The van der Waals surface area contributed by atoms with E-state index in [1.165, 1.54) is 24.1 Å². The van der Waals surface area contributed by atoms with Crippen molar-refractivity contribution in [3.8, 4) is 0 Å². The molecular formula is C32H31BrClN3O4S. The van der Waals surface area contributed by atoms with E-state index in [0.717, 1.165) is 19.9 Å². The molecule has 218 valence electrons. The fraction of sp³-hybridized carbons (Fsp3) is 0.188. The number of amides is 2. The number of carbonyl (C=O) groups is 2. The Morgan fingerprint density at radius 1 is 0.881 bits per heavy atom. The van der Waals surface area contributed by atoms with Gasteiger partial charge in [0, 0.05) is 29.5 Å². The van der Waals surface area contributed by atoms with Crippen LogP contribution in [0.3, 0.4) is 0 Å². The van der Waals surface area contributed by atoms with Crippen molar-refractivity contribution in [2.45, 2.75) is 30.8 Å². The van der Waals surface area contributed by atoms with Crippen LogP contribution in [0.15, 0.2) is 112 Å². The highest BCUT2D eigenvalue weighted by Gasteiger charge is 2.35. The summed E-state index contributed by atoms with van der Waals surface area (Å²) in [5, 5.41) is 3.05. The van der Waals surface area contributed by atoms with Crippen LogP contribution >= 0.6 is 27.5 Å². The number of benzene rings is 4. The van der Waals surface area contributed by atoms with E-state index in [2.05, 4.69) is 21.2 Å². The first-order chi connectivity index (χ1) is 20.1. The van der Waals surface area contributed by atoms with Crippen LogP contribution in [0.1, 0.15) is 16.7 Å². The van der Waals surface area contributed by atoms with Crippen LogP contribution in [-0.2, 0) is 32.6 Å². The number of hydrogen-bond donors (Lipinski definition) is 1. The van der Waals surface area contributed by atoms with Crippen LogP contribution in [0.4, 0.5) is 5.69 Å². The second kappa shape index (κ2) is 14.0. The van der Waals surface area contributed by atoms with Crippen molar-refractivity contribution in [1.29, 1.82) is 0 Å². The minimum atomic E-state index is -4.19. The summed E-state index contributed by atoms with van der Waals surface area (Å²) in [5.74, 6) is -0.906. The largest absolute Gasteiger partial charge is 0.357 e. The van der Waals surface area contributed by atoms with Gasteiger partial charge in [-0.1, -0.05) is 94.3 Å². The van der Waals surface area contributed by atoms with Gasteiger partial charge in [-0.3, -0.25) is 13.9 Å². The Labute approximate surface area is 260 Å². The van der Waals surface area contributed by atoms with Gasteiger partial charge in [-0.15, -0.1) is 0 Å². The molecule has 0 aliphatic rings. The molecule has 0 saturated carbocycles. The number of rotatable bonds is 11. The van der Waals surface area contributed by atoms with Crippen LogP contribution < -0.4 is 9.62 Å². The fourth-order valence-electron chi connectivity index (χ4n) is 4.65. The summed E-state index contributed by atoms with van der Waals surface area (Å²) < 4.78 is 30.0. The standard InChI is InChI=1S/C32H31BrClN3O4S/c1-23-28(34)17-10-18-29(23)37(42(40,41)27-15-7-4-8-16-27)22-31(38)36(21-25-13-9-14-26(33)19-25)30(32(39)35-2)20-24-11-5-3-6-12-24/h3-19,30H,20-22H2,1-2H3,(H,35,39). The Kier molecular flexibility index (Phi) is 10.4. The summed E-state index contributed by atoms with van der Waals surface area (Å²) in [6.45, 7) is 1.24. The molecule has 0 bridgehead atoms. The smallest absolute Gasteiger partial charge is 0.264 e. The lowest BCUT2D eigenvalue weighted by Crippen LogP contribution is -2.53. The van der Waals surface area contributed by atoms with Gasteiger partial charge in [0.1, 0.15) is 12.6 Å². The van der Waals surface area contributed by atoms with Crippen molar-refractivity contribution in [1.82, 2.24) is 10.2 Å². The highest BCUT2D eigenvalue weighted by Crippen LogP contribution is 2.31. The maximum absolute atomic E-state index is 14.3. The Balaban J connectivity index is 1.81. The first kappa shape index (κ1) is 31.3. The van der Waals surface area contributed by atoms with Crippen molar-refractivity contribution in [2.75, 3.05) is 17.9 Å². The average molecular weight is 669 g/mol. The number of anilines is 1. The Hall–Kier alpha value is -3.66. The van der Waals surface area contributed by atoms with E-state index in [1.54, 1.807) is 43.3 Å². The molecule has 7 nitrogen and oxygen atoms in total. The summed E-state index contributed by atoms with van der Waals surface area (Å²) in [6, 6.07) is 28.8. The number of sulfonamides is 1. The average Bonchev–Trinajstić information content (AvgIpc) is 2.99. The van der Waals surface area contributed by atoms with E-state index >= 15 is 0 Å². The molecule has 42 heavy (non-hydrogen) atoms. The number of hydrogen-bond acceptors (Lipinski definition) is 4. The lowest BCUT2D eigenvalue weighted by molar-refractivity contribution is -0.139. The molecular weight excluding hydrogens is 638 g/mol. The van der Waals surface area contributed by atoms with Gasteiger partial charge in [-0.2, -0.15) is 0 Å². The summed E-state index contributed by atoms with van der Waals surface area (Å²) >= 11 is 9.88. The van der Waals surface area contributed by atoms with Crippen LogP contribution in [0, 0.1) is 6.92 Å². The highest BCUT2D eigenvalue weighted by atomic mass is 79.9. The molecule has 0 aliphatic heterocycles. The van der Waals surface area contributed by atoms with E-state index in [-0.39, 0.29) is 29.5 Å². The number of nitrogens with one attached hydrogen (secondary N) is 1. The molecule has 4 aromatic rings. The molecule has 4 rings (SSSR count). The molecule has 1 N–H and O–H groups in total.